The topological polar surface area (TPSA) is 151 Å². The number of hydroxylamine groups is 4. The van der Waals surface area contributed by atoms with Gasteiger partial charge in [0.1, 0.15) is 12.1 Å². The lowest BCUT2D eigenvalue weighted by Crippen LogP contribution is -2.66. The molecule has 2 aliphatic rings. The van der Waals surface area contributed by atoms with E-state index >= 15 is 0 Å². The van der Waals surface area contributed by atoms with Gasteiger partial charge in [-0.1, -0.05) is 12.1 Å². The van der Waals surface area contributed by atoms with E-state index in [2.05, 4.69) is 19.2 Å². The lowest BCUT2D eigenvalue weighted by Gasteiger charge is -2.38. The zero-order valence-corrected chi connectivity index (χ0v) is 19.3. The summed E-state index contributed by atoms with van der Waals surface area (Å²) in [6.07, 6.45) is 0.206. The molecule has 2 atom stereocenters. The van der Waals surface area contributed by atoms with Crippen LogP contribution in [0.2, 0.25) is 0 Å². The van der Waals surface area contributed by atoms with Crippen molar-refractivity contribution in [2.75, 3.05) is 13.1 Å². The van der Waals surface area contributed by atoms with Gasteiger partial charge in [-0.15, -0.1) is 31.2 Å². The minimum atomic E-state index is -4.77. The summed E-state index contributed by atoms with van der Waals surface area (Å²) in [7, 11) is -4.77. The molecular weight excluding hydrogens is 496 g/mol. The van der Waals surface area contributed by atoms with Gasteiger partial charge < -0.3 is 10.6 Å². The monoisotopic (exact) mass is 514 g/mol. The smallest absolute Gasteiger partial charge is 0.342 e. The molecule has 33 heavy (non-hydrogen) atoms. The summed E-state index contributed by atoms with van der Waals surface area (Å²) in [4.78, 5) is 49.6. The number of hydrogen-bond donors (Lipinski definition) is 2. The summed E-state index contributed by atoms with van der Waals surface area (Å²) in [5, 5.41) is 9.64. The minimum Gasteiger partial charge on any atom is -0.342 e. The Hall–Kier alpha value is -2.85. The Bertz CT molecular complexity index is 1070. The van der Waals surface area contributed by atoms with Crippen LogP contribution in [0.1, 0.15) is 9.75 Å². The number of hydrogen-bond acceptors (Lipinski definition) is 10. The molecule has 176 valence electrons. The first-order valence-corrected chi connectivity index (χ1v) is 12.7. The van der Waals surface area contributed by atoms with Gasteiger partial charge in [0, 0.05) is 9.75 Å². The molecule has 2 aromatic rings. The lowest BCUT2D eigenvalue weighted by atomic mass is 10.1. The second-order valence-corrected chi connectivity index (χ2v) is 10.3. The van der Waals surface area contributed by atoms with Gasteiger partial charge in [0.2, 0.25) is 11.8 Å². The Balaban J connectivity index is 1.18. The van der Waals surface area contributed by atoms with Crippen molar-refractivity contribution in [2.45, 2.75) is 24.9 Å². The standard InChI is InChI=1S/C18H18N4O8S3/c23-15(7-11-3-1-5-31-11)19-13-9-21(17(13)25)29-33(27,28)30-22-10-14(18(22)26)20-16(24)8-12-4-2-6-32-12/h1-6,13-14H,7-10H2,(H,19,23)(H,20,24). The van der Waals surface area contributed by atoms with Crippen LogP contribution in [0, 0.1) is 0 Å². The molecule has 2 fully saturated rings. The van der Waals surface area contributed by atoms with E-state index in [-0.39, 0.29) is 37.7 Å². The molecule has 15 heteroatoms. The number of carbonyl (C=O) groups excluding carboxylic acids is 4. The Kier molecular flexibility index (Phi) is 6.76. The van der Waals surface area contributed by atoms with E-state index in [1.807, 2.05) is 10.8 Å². The fourth-order valence-corrected chi connectivity index (χ4v) is 5.15. The van der Waals surface area contributed by atoms with Crippen molar-refractivity contribution in [2.24, 2.45) is 0 Å². The Morgan fingerprint density at radius 2 is 1.30 bits per heavy atom. The van der Waals surface area contributed by atoms with Crippen molar-refractivity contribution >= 4 is 56.7 Å². The van der Waals surface area contributed by atoms with Crippen molar-refractivity contribution in [3.8, 4) is 0 Å². The van der Waals surface area contributed by atoms with E-state index in [0.29, 0.717) is 10.1 Å². The van der Waals surface area contributed by atoms with Gasteiger partial charge in [-0.25, -0.2) is 0 Å². The number of thiophene rings is 2. The molecule has 0 radical (unpaired) electrons. The first-order valence-electron chi connectivity index (χ1n) is 9.60. The molecule has 0 saturated carbocycles. The van der Waals surface area contributed by atoms with Crippen LogP contribution in [0.25, 0.3) is 0 Å². The van der Waals surface area contributed by atoms with Crippen LogP contribution >= 0.6 is 22.7 Å². The Morgan fingerprint density at radius 3 is 1.64 bits per heavy atom. The fourth-order valence-electron chi connectivity index (χ4n) is 3.01. The molecule has 4 rings (SSSR count). The van der Waals surface area contributed by atoms with Crippen molar-refractivity contribution in [3.63, 3.8) is 0 Å². The Morgan fingerprint density at radius 1 is 0.879 bits per heavy atom. The molecule has 2 saturated heterocycles. The molecule has 4 heterocycles. The Labute approximate surface area is 196 Å². The van der Waals surface area contributed by atoms with E-state index in [4.69, 9.17) is 0 Å². The largest absolute Gasteiger partial charge is 0.442 e. The van der Waals surface area contributed by atoms with Crippen molar-refractivity contribution < 1.29 is 36.2 Å². The summed E-state index contributed by atoms with van der Waals surface area (Å²) in [6.45, 7) is -0.403. The normalized spacial score (nSPS) is 20.2. The van der Waals surface area contributed by atoms with E-state index < -0.39 is 34.3 Å². The fraction of sp³-hybridized carbons (Fsp3) is 0.333. The summed E-state index contributed by atoms with van der Waals surface area (Å²) >= 11 is 2.80. The molecular formula is C18H18N4O8S3. The SMILES string of the molecule is O=C(Cc1cccs1)NC1CN(OS(=O)(=O)ON2CC(NC(=O)Cc3cccs3)C2=O)C1=O. The van der Waals surface area contributed by atoms with Crippen LogP contribution in [0.15, 0.2) is 35.0 Å². The van der Waals surface area contributed by atoms with Gasteiger partial charge in [0.25, 0.3) is 11.8 Å². The van der Waals surface area contributed by atoms with Gasteiger partial charge in [-0.05, 0) is 22.9 Å². The van der Waals surface area contributed by atoms with E-state index in [1.165, 1.54) is 22.7 Å². The average molecular weight is 515 g/mol. The molecule has 0 aromatic carbocycles. The van der Waals surface area contributed by atoms with Crippen LogP contribution in [0.3, 0.4) is 0 Å². The maximum absolute atomic E-state index is 12.1. The quantitative estimate of drug-likeness (QED) is 0.397. The molecule has 0 bridgehead atoms. The van der Waals surface area contributed by atoms with Crippen molar-refractivity contribution in [3.05, 3.63) is 44.8 Å². The highest BCUT2D eigenvalue weighted by atomic mass is 32.3. The third kappa shape index (κ3) is 5.75. The number of rotatable bonds is 10. The summed E-state index contributed by atoms with van der Waals surface area (Å²) in [6, 6.07) is 5.33. The molecule has 4 amide bonds. The first-order chi connectivity index (χ1) is 15.7. The minimum absolute atomic E-state index is 0.103. The lowest BCUT2D eigenvalue weighted by molar-refractivity contribution is -0.197. The number of nitrogens with one attached hydrogen (secondary N) is 2. The highest BCUT2D eigenvalue weighted by molar-refractivity contribution is 7.81. The molecule has 12 nitrogen and oxygen atoms in total. The van der Waals surface area contributed by atoms with E-state index in [1.54, 1.807) is 24.3 Å². The van der Waals surface area contributed by atoms with Gasteiger partial charge in [-0.2, -0.15) is 18.5 Å². The zero-order valence-electron chi connectivity index (χ0n) is 16.8. The van der Waals surface area contributed by atoms with Crippen molar-refractivity contribution in [1.29, 1.82) is 0 Å². The summed E-state index contributed by atoms with van der Waals surface area (Å²) < 4.78 is 33.1. The highest BCUT2D eigenvalue weighted by Crippen LogP contribution is 2.19. The maximum Gasteiger partial charge on any atom is 0.442 e. The maximum atomic E-state index is 12.1. The zero-order chi connectivity index (χ0) is 23.6. The third-order valence-electron chi connectivity index (χ3n) is 4.65. The van der Waals surface area contributed by atoms with Gasteiger partial charge in [0.05, 0.1) is 25.9 Å². The number of amides is 4. The second kappa shape index (κ2) is 9.56. The molecule has 2 aromatic heterocycles. The number of β-lactam (4-membered cyclic amide) rings is 2. The van der Waals surface area contributed by atoms with Crippen LogP contribution in [0.4, 0.5) is 0 Å². The predicted octanol–water partition coefficient (Wildman–Crippen LogP) is -0.643. The van der Waals surface area contributed by atoms with Crippen LogP contribution in [-0.2, 0) is 51.0 Å². The van der Waals surface area contributed by atoms with Crippen LogP contribution in [0.5, 0.6) is 0 Å². The second-order valence-electron chi connectivity index (χ2n) is 7.11. The predicted molar refractivity (Wildman–Crippen MR) is 114 cm³/mol. The summed E-state index contributed by atoms with van der Waals surface area (Å²) in [5.74, 6) is -2.30. The number of nitrogens with zero attached hydrogens (tertiary/aromatic N) is 2. The average Bonchev–Trinajstić information content (AvgIpc) is 3.45. The third-order valence-corrected chi connectivity index (χ3v) is 7.13. The van der Waals surface area contributed by atoms with Crippen LogP contribution < -0.4 is 10.6 Å². The molecule has 2 unspecified atom stereocenters. The van der Waals surface area contributed by atoms with Crippen molar-refractivity contribution in [1.82, 2.24) is 20.8 Å². The van der Waals surface area contributed by atoms with Gasteiger partial charge in [0.15, 0.2) is 0 Å². The van der Waals surface area contributed by atoms with Gasteiger partial charge in [-0.3, -0.25) is 19.2 Å². The van der Waals surface area contributed by atoms with Gasteiger partial charge >= 0.3 is 10.4 Å². The summed E-state index contributed by atoms with van der Waals surface area (Å²) in [5.41, 5.74) is 0. The van der Waals surface area contributed by atoms with E-state index in [0.717, 1.165) is 9.75 Å². The molecule has 2 aliphatic heterocycles. The molecule has 2 N–H and O–H groups in total. The molecule has 0 spiro atoms. The van der Waals surface area contributed by atoms with Crippen LogP contribution in [-0.4, -0.2) is 67.3 Å². The highest BCUT2D eigenvalue weighted by Gasteiger charge is 2.45. The molecule has 0 aliphatic carbocycles. The van der Waals surface area contributed by atoms with E-state index in [9.17, 15) is 27.6 Å². The number of carbonyl (C=O) groups is 4. The first kappa shape index (κ1) is 23.3.